The third-order valence-electron chi connectivity index (χ3n) is 6.70. The quantitative estimate of drug-likeness (QED) is 0.503. The predicted molar refractivity (Wildman–Crippen MR) is 134 cm³/mol. The number of methoxy groups -OCH3 is 1. The van der Waals surface area contributed by atoms with Gasteiger partial charge in [0.1, 0.15) is 24.2 Å². The Hall–Kier alpha value is -3.03. The van der Waals surface area contributed by atoms with Crippen LogP contribution < -0.4 is 9.47 Å². The van der Waals surface area contributed by atoms with Crippen molar-refractivity contribution in [3.63, 3.8) is 0 Å². The standard InChI is InChI=1S/C28H35NO6/c1-18-21(14-29-15-24(16-29)35-27(30)31)8-7-20-12-23(9-10-25(18)20)34-17-22-6-5-19(11-26(22)33-4)13-28(2,3)32/h5-6,9-12,24,32H,7-8,13-17H2,1-4H3,(H,30,31). The summed E-state index contributed by atoms with van der Waals surface area (Å²) in [6.07, 6.45) is 1.09. The van der Waals surface area contributed by atoms with Gasteiger partial charge in [0.15, 0.2) is 0 Å². The summed E-state index contributed by atoms with van der Waals surface area (Å²) in [5.41, 5.74) is 6.44. The summed E-state index contributed by atoms with van der Waals surface area (Å²) in [5, 5.41) is 18.8. The van der Waals surface area contributed by atoms with E-state index in [-0.39, 0.29) is 6.10 Å². The van der Waals surface area contributed by atoms with Gasteiger partial charge in [0.25, 0.3) is 0 Å². The van der Waals surface area contributed by atoms with Crippen LogP contribution in [-0.4, -0.2) is 59.7 Å². The Morgan fingerprint density at radius 2 is 1.91 bits per heavy atom. The first-order valence-corrected chi connectivity index (χ1v) is 12.1. The molecule has 1 aliphatic carbocycles. The van der Waals surface area contributed by atoms with Gasteiger partial charge < -0.3 is 24.4 Å². The van der Waals surface area contributed by atoms with Crippen molar-refractivity contribution in [2.75, 3.05) is 26.7 Å². The van der Waals surface area contributed by atoms with Crippen LogP contribution in [0.1, 0.15) is 49.4 Å². The summed E-state index contributed by atoms with van der Waals surface area (Å²) in [5.74, 6) is 1.59. The van der Waals surface area contributed by atoms with Gasteiger partial charge in [0.2, 0.25) is 0 Å². The molecule has 4 rings (SSSR count). The van der Waals surface area contributed by atoms with Crippen molar-refractivity contribution in [3.8, 4) is 11.5 Å². The second kappa shape index (κ2) is 10.3. The monoisotopic (exact) mass is 481 g/mol. The number of aliphatic hydroxyl groups is 1. The van der Waals surface area contributed by atoms with Gasteiger partial charge in [-0.25, -0.2) is 4.79 Å². The van der Waals surface area contributed by atoms with E-state index in [1.807, 2.05) is 24.3 Å². The highest BCUT2D eigenvalue weighted by Gasteiger charge is 2.31. The summed E-state index contributed by atoms with van der Waals surface area (Å²) >= 11 is 0. The lowest BCUT2D eigenvalue weighted by Gasteiger charge is -2.39. The van der Waals surface area contributed by atoms with Crippen molar-refractivity contribution in [2.24, 2.45) is 0 Å². The van der Waals surface area contributed by atoms with E-state index in [9.17, 15) is 9.90 Å². The molecule has 2 aromatic carbocycles. The first kappa shape index (κ1) is 25.1. The topological polar surface area (TPSA) is 88.5 Å². The molecule has 1 aliphatic heterocycles. The van der Waals surface area contributed by atoms with Crippen LogP contribution in [0, 0.1) is 0 Å². The molecule has 35 heavy (non-hydrogen) atoms. The number of rotatable bonds is 9. The molecule has 2 aromatic rings. The molecule has 7 nitrogen and oxygen atoms in total. The zero-order chi connectivity index (χ0) is 25.2. The first-order valence-electron chi connectivity index (χ1n) is 12.1. The highest BCUT2D eigenvalue weighted by molar-refractivity contribution is 5.72. The number of aryl methyl sites for hydroxylation is 1. The first-order chi connectivity index (χ1) is 16.6. The van der Waals surface area contributed by atoms with Crippen molar-refractivity contribution < 1.29 is 29.2 Å². The third-order valence-corrected chi connectivity index (χ3v) is 6.70. The Labute approximate surface area is 206 Å². The van der Waals surface area contributed by atoms with Gasteiger partial charge in [0.05, 0.1) is 12.7 Å². The van der Waals surface area contributed by atoms with Crippen molar-refractivity contribution in [1.82, 2.24) is 4.90 Å². The number of benzene rings is 2. The molecule has 0 radical (unpaired) electrons. The SMILES string of the molecule is COc1cc(CC(C)(C)O)ccc1COc1ccc2c(c1)CCC(CN1CC(OC(=O)O)C1)=C2C. The average molecular weight is 482 g/mol. The molecule has 188 valence electrons. The van der Waals surface area contributed by atoms with Gasteiger partial charge in [0, 0.05) is 31.6 Å². The van der Waals surface area contributed by atoms with E-state index in [1.165, 1.54) is 22.3 Å². The lowest BCUT2D eigenvalue weighted by molar-refractivity contribution is -0.0292. The molecule has 2 N–H and O–H groups in total. The lowest BCUT2D eigenvalue weighted by Crippen LogP contribution is -2.53. The molecule has 0 aromatic heterocycles. The molecular weight excluding hydrogens is 446 g/mol. The van der Waals surface area contributed by atoms with Crippen molar-refractivity contribution in [2.45, 2.75) is 58.3 Å². The number of carboxylic acid groups (broad SMARTS) is 1. The van der Waals surface area contributed by atoms with Crippen LogP contribution in [-0.2, 0) is 24.2 Å². The largest absolute Gasteiger partial charge is 0.506 e. The minimum Gasteiger partial charge on any atom is -0.496 e. The second-order valence-corrected chi connectivity index (χ2v) is 10.2. The molecule has 1 saturated heterocycles. The van der Waals surface area contributed by atoms with Crippen molar-refractivity contribution >= 4 is 11.7 Å². The Morgan fingerprint density at radius 3 is 2.60 bits per heavy atom. The molecule has 0 bridgehead atoms. The number of ether oxygens (including phenoxy) is 3. The maximum atomic E-state index is 10.7. The van der Waals surface area contributed by atoms with Crippen LogP contribution in [0.2, 0.25) is 0 Å². The van der Waals surface area contributed by atoms with Gasteiger partial charge >= 0.3 is 6.16 Å². The Kier molecular flexibility index (Phi) is 7.38. The molecule has 7 heteroatoms. The Bertz CT molecular complexity index is 1110. The van der Waals surface area contributed by atoms with E-state index in [0.717, 1.165) is 42.0 Å². The summed E-state index contributed by atoms with van der Waals surface area (Å²) in [7, 11) is 1.65. The molecule has 0 amide bonds. The zero-order valence-corrected chi connectivity index (χ0v) is 21.0. The fraction of sp³-hybridized carbons (Fsp3) is 0.464. The number of hydrogen-bond acceptors (Lipinski definition) is 6. The minimum atomic E-state index is -1.20. The lowest BCUT2D eigenvalue weighted by atomic mass is 9.85. The number of carbonyl (C=O) groups is 1. The van der Waals surface area contributed by atoms with Crippen LogP contribution in [0.25, 0.3) is 5.57 Å². The highest BCUT2D eigenvalue weighted by Crippen LogP contribution is 2.35. The van der Waals surface area contributed by atoms with E-state index >= 15 is 0 Å². The minimum absolute atomic E-state index is 0.208. The highest BCUT2D eigenvalue weighted by atomic mass is 16.7. The normalized spacial score (nSPS) is 16.5. The molecule has 0 saturated carbocycles. The zero-order valence-electron chi connectivity index (χ0n) is 21.0. The fourth-order valence-corrected chi connectivity index (χ4v) is 4.91. The number of allylic oxidation sites excluding steroid dienone is 1. The van der Waals surface area contributed by atoms with Gasteiger partial charge in [-0.15, -0.1) is 0 Å². The van der Waals surface area contributed by atoms with Gasteiger partial charge in [-0.2, -0.15) is 0 Å². The molecule has 0 spiro atoms. The van der Waals surface area contributed by atoms with E-state index in [0.29, 0.717) is 26.1 Å². The second-order valence-electron chi connectivity index (χ2n) is 10.2. The summed E-state index contributed by atoms with van der Waals surface area (Å²) in [6, 6.07) is 12.3. The summed E-state index contributed by atoms with van der Waals surface area (Å²) < 4.78 is 16.5. The van der Waals surface area contributed by atoms with Crippen molar-refractivity contribution in [1.29, 1.82) is 0 Å². The average Bonchev–Trinajstić information content (AvgIpc) is 2.76. The fourth-order valence-electron chi connectivity index (χ4n) is 4.91. The van der Waals surface area contributed by atoms with Crippen LogP contribution in [0.5, 0.6) is 11.5 Å². The van der Waals surface area contributed by atoms with E-state index in [4.69, 9.17) is 19.3 Å². The van der Waals surface area contributed by atoms with E-state index in [2.05, 4.69) is 24.0 Å². The molecular formula is C28H35NO6. The maximum absolute atomic E-state index is 10.7. The summed E-state index contributed by atoms with van der Waals surface area (Å²) in [6.45, 7) is 8.33. The van der Waals surface area contributed by atoms with Gasteiger partial charge in [-0.3, -0.25) is 4.90 Å². The molecule has 1 heterocycles. The number of nitrogens with zero attached hydrogens (tertiary/aromatic N) is 1. The van der Waals surface area contributed by atoms with E-state index < -0.39 is 11.8 Å². The molecule has 0 atom stereocenters. The van der Waals surface area contributed by atoms with Crippen LogP contribution in [0.3, 0.4) is 0 Å². The van der Waals surface area contributed by atoms with Crippen LogP contribution in [0.4, 0.5) is 4.79 Å². The number of hydrogen-bond donors (Lipinski definition) is 2. The van der Waals surface area contributed by atoms with E-state index in [1.54, 1.807) is 21.0 Å². The molecule has 1 fully saturated rings. The van der Waals surface area contributed by atoms with Crippen LogP contribution in [0.15, 0.2) is 42.0 Å². The van der Waals surface area contributed by atoms with Crippen molar-refractivity contribution in [3.05, 3.63) is 64.2 Å². The smallest absolute Gasteiger partial charge is 0.496 e. The molecule has 0 unspecified atom stereocenters. The van der Waals surface area contributed by atoms with Crippen LogP contribution >= 0.6 is 0 Å². The third kappa shape index (κ3) is 6.35. The number of likely N-dealkylation sites (tertiary alicyclic amines) is 1. The summed E-state index contributed by atoms with van der Waals surface area (Å²) in [4.78, 5) is 12.9. The predicted octanol–water partition coefficient (Wildman–Crippen LogP) is 4.69. The Morgan fingerprint density at radius 1 is 1.14 bits per heavy atom. The maximum Gasteiger partial charge on any atom is 0.506 e. The van der Waals surface area contributed by atoms with Gasteiger partial charge in [-0.05, 0) is 74.1 Å². The van der Waals surface area contributed by atoms with Gasteiger partial charge in [-0.1, -0.05) is 23.8 Å². The Balaban J connectivity index is 1.38. The number of fused-ring (bicyclic) bond motifs is 1. The molecule has 2 aliphatic rings.